The maximum Gasteiger partial charge on any atom is 0.322 e. The number of rotatable bonds is 4. The van der Waals surface area contributed by atoms with E-state index in [1.165, 1.54) is 22.8 Å². The summed E-state index contributed by atoms with van der Waals surface area (Å²) in [5, 5.41) is 6.12. The second kappa shape index (κ2) is 6.76. The number of benzene rings is 1. The number of ether oxygens (including phenoxy) is 1. The molecule has 1 aliphatic heterocycles. The van der Waals surface area contributed by atoms with Gasteiger partial charge in [0.25, 0.3) is 6.43 Å². The molecule has 1 saturated heterocycles. The molecular weight excluding hydrogens is 386 g/mol. The summed E-state index contributed by atoms with van der Waals surface area (Å²) in [4.78, 5) is 13.6. The predicted molar refractivity (Wildman–Crippen MR) is 87.3 cm³/mol. The fourth-order valence-electron chi connectivity index (χ4n) is 2.37. The summed E-state index contributed by atoms with van der Waals surface area (Å²) in [6, 6.07) is 6.98. The van der Waals surface area contributed by atoms with Gasteiger partial charge in [0.15, 0.2) is 5.69 Å². The van der Waals surface area contributed by atoms with Crippen molar-refractivity contribution in [1.29, 1.82) is 0 Å². The second-order valence-corrected chi connectivity index (χ2v) is 6.35. The van der Waals surface area contributed by atoms with Gasteiger partial charge in [-0.05, 0) is 18.2 Å². The minimum atomic E-state index is -2.74. The number of hydrogen-bond donors (Lipinski definition) is 1. The van der Waals surface area contributed by atoms with Crippen LogP contribution in [0.3, 0.4) is 0 Å². The highest BCUT2D eigenvalue weighted by atomic mass is 79.9. The molecule has 1 aliphatic rings. The number of aromatic nitrogens is 2. The molecule has 6 nitrogen and oxygen atoms in total. The van der Waals surface area contributed by atoms with Gasteiger partial charge < -0.3 is 15.0 Å². The van der Waals surface area contributed by atoms with Crippen LogP contribution in [0.15, 0.2) is 34.9 Å². The Labute approximate surface area is 145 Å². The average Bonchev–Trinajstić information content (AvgIpc) is 2.83. The van der Waals surface area contributed by atoms with E-state index < -0.39 is 18.2 Å². The van der Waals surface area contributed by atoms with Crippen molar-refractivity contribution in [3.63, 3.8) is 0 Å². The smallest absolute Gasteiger partial charge is 0.322 e. The molecule has 2 amide bonds. The molecule has 2 aromatic rings. The fraction of sp³-hybridized carbons (Fsp3) is 0.333. The number of hydrogen-bond acceptors (Lipinski definition) is 3. The van der Waals surface area contributed by atoms with Crippen molar-refractivity contribution in [2.45, 2.75) is 12.5 Å². The van der Waals surface area contributed by atoms with Crippen molar-refractivity contribution in [3.8, 4) is 5.75 Å². The molecule has 3 rings (SSSR count). The minimum Gasteiger partial charge on any atom is -0.487 e. The van der Waals surface area contributed by atoms with Crippen molar-refractivity contribution in [3.05, 3.63) is 40.6 Å². The number of nitrogens with one attached hydrogen (secondary N) is 1. The van der Waals surface area contributed by atoms with E-state index in [0.29, 0.717) is 18.8 Å². The van der Waals surface area contributed by atoms with E-state index in [4.69, 9.17) is 4.74 Å². The van der Waals surface area contributed by atoms with Crippen LogP contribution in [0.25, 0.3) is 0 Å². The van der Waals surface area contributed by atoms with E-state index in [2.05, 4.69) is 26.3 Å². The number of urea groups is 1. The van der Waals surface area contributed by atoms with Crippen LogP contribution < -0.4 is 10.1 Å². The highest BCUT2D eigenvalue weighted by molar-refractivity contribution is 9.10. The van der Waals surface area contributed by atoms with E-state index in [-0.39, 0.29) is 11.8 Å². The minimum absolute atomic E-state index is 0.0221. The first-order valence-corrected chi connectivity index (χ1v) is 8.01. The zero-order chi connectivity index (χ0) is 17.3. The monoisotopic (exact) mass is 400 g/mol. The quantitative estimate of drug-likeness (QED) is 0.855. The molecule has 0 atom stereocenters. The van der Waals surface area contributed by atoms with Crippen LogP contribution in [0.1, 0.15) is 12.1 Å². The predicted octanol–water partition coefficient (Wildman–Crippen LogP) is 3.42. The van der Waals surface area contributed by atoms with Crippen molar-refractivity contribution >= 4 is 27.6 Å². The zero-order valence-corrected chi connectivity index (χ0v) is 14.3. The molecular formula is C15H15BrF2N4O2. The highest BCUT2D eigenvalue weighted by Gasteiger charge is 2.33. The standard InChI is InChI=1S/C15H15BrF2N4O2/c1-21-8-12(13(20-21)14(17)18)19-15(23)22-6-11(7-22)24-10-4-2-3-9(16)5-10/h2-5,8,11,14H,6-7H2,1H3,(H,19,23). The van der Waals surface area contributed by atoms with E-state index in [1.807, 2.05) is 24.3 Å². The maximum absolute atomic E-state index is 12.9. The molecule has 1 aromatic carbocycles. The van der Waals surface area contributed by atoms with E-state index in [1.54, 1.807) is 0 Å². The van der Waals surface area contributed by atoms with Crippen LogP contribution in [0.2, 0.25) is 0 Å². The molecule has 0 radical (unpaired) electrons. The number of carbonyl (C=O) groups is 1. The SMILES string of the molecule is Cn1cc(NC(=O)N2CC(Oc3cccc(Br)c3)C2)c(C(F)F)n1. The number of amides is 2. The lowest BCUT2D eigenvalue weighted by atomic mass is 10.2. The summed E-state index contributed by atoms with van der Waals surface area (Å²) in [6.45, 7) is 0.783. The number of halogens is 3. The van der Waals surface area contributed by atoms with Gasteiger partial charge in [-0.15, -0.1) is 0 Å². The number of likely N-dealkylation sites (tertiary alicyclic amines) is 1. The molecule has 0 saturated carbocycles. The van der Waals surface area contributed by atoms with Gasteiger partial charge >= 0.3 is 6.03 Å². The number of alkyl halides is 2. The van der Waals surface area contributed by atoms with Crippen molar-refractivity contribution in [1.82, 2.24) is 14.7 Å². The Balaban J connectivity index is 1.53. The Kier molecular flexibility index (Phi) is 4.70. The number of carbonyl (C=O) groups excluding carboxylic acids is 1. The van der Waals surface area contributed by atoms with Gasteiger partial charge in [-0.3, -0.25) is 4.68 Å². The Morgan fingerprint density at radius 1 is 1.46 bits per heavy atom. The topological polar surface area (TPSA) is 59.4 Å². The first kappa shape index (κ1) is 16.7. The molecule has 1 N–H and O–H groups in total. The van der Waals surface area contributed by atoms with Gasteiger partial charge in [-0.1, -0.05) is 22.0 Å². The van der Waals surface area contributed by atoms with Gasteiger partial charge in [-0.2, -0.15) is 5.10 Å². The third-order valence-corrected chi connectivity index (χ3v) is 4.03. The molecule has 1 aromatic heterocycles. The normalized spacial score (nSPS) is 14.6. The molecule has 9 heteroatoms. The van der Waals surface area contributed by atoms with Gasteiger partial charge in [0.1, 0.15) is 11.9 Å². The summed E-state index contributed by atoms with van der Waals surface area (Å²) in [6.07, 6.45) is -1.51. The van der Waals surface area contributed by atoms with Crippen molar-refractivity contribution in [2.24, 2.45) is 7.05 Å². The second-order valence-electron chi connectivity index (χ2n) is 5.43. The molecule has 24 heavy (non-hydrogen) atoms. The Bertz CT molecular complexity index is 747. The lowest BCUT2D eigenvalue weighted by Gasteiger charge is -2.38. The Morgan fingerprint density at radius 2 is 2.21 bits per heavy atom. The highest BCUT2D eigenvalue weighted by Crippen LogP contribution is 2.26. The zero-order valence-electron chi connectivity index (χ0n) is 12.7. The third-order valence-electron chi connectivity index (χ3n) is 3.54. The van der Waals surface area contributed by atoms with Crippen LogP contribution in [0.5, 0.6) is 5.75 Å². The van der Waals surface area contributed by atoms with Gasteiger partial charge in [-0.25, -0.2) is 13.6 Å². The third kappa shape index (κ3) is 3.66. The average molecular weight is 401 g/mol. The lowest BCUT2D eigenvalue weighted by molar-refractivity contribution is 0.0492. The van der Waals surface area contributed by atoms with Crippen LogP contribution in [-0.2, 0) is 7.05 Å². The van der Waals surface area contributed by atoms with Crippen LogP contribution in [0.4, 0.5) is 19.3 Å². The molecule has 0 unspecified atom stereocenters. The van der Waals surface area contributed by atoms with E-state index >= 15 is 0 Å². The molecule has 0 aliphatic carbocycles. The fourth-order valence-corrected chi connectivity index (χ4v) is 2.75. The molecule has 0 spiro atoms. The summed E-state index contributed by atoms with van der Waals surface area (Å²) < 4.78 is 33.6. The Morgan fingerprint density at radius 3 is 2.88 bits per heavy atom. The summed E-state index contributed by atoms with van der Waals surface area (Å²) in [5.41, 5.74) is -0.415. The summed E-state index contributed by atoms with van der Waals surface area (Å²) in [5.74, 6) is 0.710. The molecule has 128 valence electrons. The lowest BCUT2D eigenvalue weighted by Crippen LogP contribution is -2.57. The number of anilines is 1. The van der Waals surface area contributed by atoms with Gasteiger partial charge in [0.2, 0.25) is 0 Å². The van der Waals surface area contributed by atoms with Crippen LogP contribution >= 0.6 is 15.9 Å². The summed E-state index contributed by atoms with van der Waals surface area (Å²) >= 11 is 3.36. The molecule has 2 heterocycles. The van der Waals surface area contributed by atoms with Gasteiger partial charge in [0, 0.05) is 17.7 Å². The number of aryl methyl sites for hydroxylation is 1. The van der Waals surface area contributed by atoms with E-state index in [9.17, 15) is 13.6 Å². The van der Waals surface area contributed by atoms with E-state index in [0.717, 1.165) is 4.47 Å². The Hall–Kier alpha value is -2.16. The van der Waals surface area contributed by atoms with Gasteiger partial charge in [0.05, 0.1) is 18.8 Å². The number of nitrogens with zero attached hydrogens (tertiary/aromatic N) is 3. The first-order valence-electron chi connectivity index (χ1n) is 7.22. The maximum atomic E-state index is 12.9. The molecule has 0 bridgehead atoms. The largest absolute Gasteiger partial charge is 0.487 e. The first-order chi connectivity index (χ1) is 11.4. The van der Waals surface area contributed by atoms with Crippen LogP contribution in [-0.4, -0.2) is 39.9 Å². The summed E-state index contributed by atoms with van der Waals surface area (Å²) in [7, 11) is 1.52. The molecule has 1 fully saturated rings. The van der Waals surface area contributed by atoms with Crippen LogP contribution in [0, 0.1) is 0 Å². The van der Waals surface area contributed by atoms with Crippen molar-refractivity contribution in [2.75, 3.05) is 18.4 Å². The van der Waals surface area contributed by atoms with Crippen molar-refractivity contribution < 1.29 is 18.3 Å².